The summed E-state index contributed by atoms with van der Waals surface area (Å²) >= 11 is 7.18. The summed E-state index contributed by atoms with van der Waals surface area (Å²) in [5, 5.41) is 2.37. The molecule has 1 rings (SSSR count). The Labute approximate surface area is 85.6 Å². The van der Waals surface area contributed by atoms with E-state index in [1.165, 1.54) is 11.3 Å². The van der Waals surface area contributed by atoms with Crippen molar-refractivity contribution in [2.24, 2.45) is 0 Å². The molecular formula is C7H8ClFO2S2. The molecule has 0 radical (unpaired) electrons. The van der Waals surface area contributed by atoms with Gasteiger partial charge in [-0.05, 0) is 24.3 Å². The molecule has 13 heavy (non-hydrogen) atoms. The van der Waals surface area contributed by atoms with E-state index in [4.69, 9.17) is 11.6 Å². The minimum absolute atomic E-state index is 0.149. The number of hydrogen-bond donors (Lipinski definition) is 0. The number of rotatable bonds is 3. The number of hydrogen-bond acceptors (Lipinski definition) is 3. The summed E-state index contributed by atoms with van der Waals surface area (Å²) < 4.78 is 32.6. The molecule has 0 aliphatic heterocycles. The Morgan fingerprint density at radius 2 is 2.23 bits per heavy atom. The highest BCUT2D eigenvalue weighted by Crippen LogP contribution is 2.27. The van der Waals surface area contributed by atoms with Gasteiger partial charge < -0.3 is 0 Å². The topological polar surface area (TPSA) is 34.1 Å². The molecule has 0 atom stereocenters. The third kappa shape index (κ3) is 3.25. The maximum Gasteiger partial charge on any atom is 0.302 e. The Balaban J connectivity index is 2.71. The lowest BCUT2D eigenvalue weighted by Crippen LogP contribution is -2.00. The maximum absolute atomic E-state index is 12.1. The Morgan fingerprint density at radius 3 is 2.62 bits per heavy atom. The van der Waals surface area contributed by atoms with Crippen molar-refractivity contribution in [2.75, 3.05) is 5.75 Å². The molecule has 0 aliphatic carbocycles. The van der Waals surface area contributed by atoms with Crippen LogP contribution >= 0.6 is 22.9 Å². The van der Waals surface area contributed by atoms with Gasteiger partial charge in [-0.15, -0.1) is 15.2 Å². The molecule has 0 spiro atoms. The van der Waals surface area contributed by atoms with Gasteiger partial charge in [0.1, 0.15) is 0 Å². The van der Waals surface area contributed by atoms with E-state index in [1.807, 2.05) is 12.3 Å². The number of halogens is 2. The molecule has 6 heteroatoms. The van der Waals surface area contributed by atoms with E-state index in [2.05, 4.69) is 0 Å². The smallest absolute Gasteiger partial charge is 0.195 e. The second-order valence-electron chi connectivity index (χ2n) is 2.65. The lowest BCUT2D eigenvalue weighted by molar-refractivity contribution is 0.551. The van der Waals surface area contributed by atoms with Gasteiger partial charge in [-0.25, -0.2) is 0 Å². The monoisotopic (exact) mass is 242 g/mol. The predicted molar refractivity (Wildman–Crippen MR) is 52.7 cm³/mol. The highest BCUT2D eigenvalue weighted by Gasteiger charge is 2.11. The van der Waals surface area contributed by atoms with Crippen molar-refractivity contribution in [3.8, 4) is 0 Å². The minimum atomic E-state index is -4.38. The fourth-order valence-corrected chi connectivity index (χ4v) is 2.71. The molecule has 0 unspecified atom stereocenters. The van der Waals surface area contributed by atoms with E-state index in [0.717, 1.165) is 10.4 Å². The Morgan fingerprint density at radius 1 is 1.62 bits per heavy atom. The molecule has 1 aromatic rings. The van der Waals surface area contributed by atoms with Crippen LogP contribution in [0.5, 0.6) is 0 Å². The Bertz CT molecular complexity index is 397. The van der Waals surface area contributed by atoms with Crippen LogP contribution in [0.2, 0.25) is 5.02 Å². The van der Waals surface area contributed by atoms with Crippen LogP contribution < -0.4 is 0 Å². The van der Waals surface area contributed by atoms with Crippen LogP contribution in [0.15, 0.2) is 5.38 Å². The average molecular weight is 243 g/mol. The van der Waals surface area contributed by atoms with Crippen molar-refractivity contribution in [3.63, 3.8) is 0 Å². The van der Waals surface area contributed by atoms with Crippen LogP contribution in [-0.2, 0) is 16.6 Å². The van der Waals surface area contributed by atoms with Crippen molar-refractivity contribution in [1.29, 1.82) is 0 Å². The van der Waals surface area contributed by atoms with E-state index in [1.54, 1.807) is 0 Å². The van der Waals surface area contributed by atoms with Gasteiger partial charge in [0, 0.05) is 4.88 Å². The summed E-state index contributed by atoms with van der Waals surface area (Å²) in [7, 11) is -4.38. The molecule has 1 heterocycles. The predicted octanol–water partition coefficient (Wildman–Crippen LogP) is 2.55. The van der Waals surface area contributed by atoms with Gasteiger partial charge in [-0.2, -0.15) is 8.42 Å². The Hall–Kier alpha value is -0.130. The van der Waals surface area contributed by atoms with Crippen LogP contribution in [0.3, 0.4) is 0 Å². The molecule has 0 N–H and O–H groups in total. The van der Waals surface area contributed by atoms with Gasteiger partial charge in [0.15, 0.2) is 0 Å². The molecule has 0 bridgehead atoms. The second kappa shape index (κ2) is 3.94. The van der Waals surface area contributed by atoms with Crippen molar-refractivity contribution < 1.29 is 12.3 Å². The van der Waals surface area contributed by atoms with E-state index < -0.39 is 16.0 Å². The molecule has 0 saturated heterocycles. The van der Waals surface area contributed by atoms with Crippen LogP contribution in [0.1, 0.15) is 10.4 Å². The van der Waals surface area contributed by atoms with Gasteiger partial charge in [-0.1, -0.05) is 11.6 Å². The van der Waals surface area contributed by atoms with E-state index in [-0.39, 0.29) is 6.42 Å². The van der Waals surface area contributed by atoms with Crippen molar-refractivity contribution in [3.05, 3.63) is 20.8 Å². The van der Waals surface area contributed by atoms with Gasteiger partial charge in [0.2, 0.25) is 0 Å². The van der Waals surface area contributed by atoms with Crippen molar-refractivity contribution in [1.82, 2.24) is 0 Å². The Kier molecular flexibility index (Phi) is 3.32. The molecule has 0 amide bonds. The molecule has 1 aromatic heterocycles. The first kappa shape index (κ1) is 10.9. The second-order valence-corrected chi connectivity index (χ2v) is 5.48. The fraction of sp³-hybridized carbons (Fsp3) is 0.429. The van der Waals surface area contributed by atoms with Crippen molar-refractivity contribution in [2.45, 2.75) is 13.3 Å². The highest BCUT2D eigenvalue weighted by atomic mass is 35.5. The van der Waals surface area contributed by atoms with E-state index >= 15 is 0 Å². The third-order valence-electron chi connectivity index (χ3n) is 1.54. The third-order valence-corrected chi connectivity index (χ3v) is 4.04. The summed E-state index contributed by atoms with van der Waals surface area (Å²) in [6, 6.07) is 0. The summed E-state index contributed by atoms with van der Waals surface area (Å²) in [6.45, 7) is 1.83. The van der Waals surface area contributed by atoms with E-state index in [0.29, 0.717) is 5.02 Å². The quantitative estimate of drug-likeness (QED) is 0.764. The standard InChI is InChI=1S/C7H8ClFO2S2/c1-5-4-12-6(7(5)8)2-3-13(9,10)11/h4H,2-3H2,1H3. The minimum Gasteiger partial charge on any atom is -0.195 e. The summed E-state index contributed by atoms with van der Waals surface area (Å²) in [6.07, 6.45) is 0.149. The number of aryl methyl sites for hydroxylation is 2. The number of thiophene rings is 1. The van der Waals surface area contributed by atoms with Gasteiger partial charge >= 0.3 is 10.2 Å². The first-order chi connectivity index (χ1) is 5.90. The van der Waals surface area contributed by atoms with Crippen molar-refractivity contribution >= 4 is 33.2 Å². The lowest BCUT2D eigenvalue weighted by Gasteiger charge is -1.95. The van der Waals surface area contributed by atoms with Crippen LogP contribution in [0.4, 0.5) is 3.89 Å². The highest BCUT2D eigenvalue weighted by molar-refractivity contribution is 7.86. The maximum atomic E-state index is 12.1. The summed E-state index contributed by atoms with van der Waals surface area (Å²) in [5.41, 5.74) is 0.901. The first-order valence-electron chi connectivity index (χ1n) is 3.55. The normalized spacial score (nSPS) is 11.9. The molecule has 0 saturated carbocycles. The largest absolute Gasteiger partial charge is 0.302 e. The molecule has 0 aliphatic rings. The molecule has 0 fully saturated rings. The summed E-state index contributed by atoms with van der Waals surface area (Å²) in [5.74, 6) is -0.493. The fourth-order valence-electron chi connectivity index (χ4n) is 0.866. The molecule has 0 aromatic carbocycles. The van der Waals surface area contributed by atoms with Crippen LogP contribution in [0.25, 0.3) is 0 Å². The summed E-state index contributed by atoms with van der Waals surface area (Å²) in [4.78, 5) is 0.723. The zero-order chi connectivity index (χ0) is 10.1. The zero-order valence-electron chi connectivity index (χ0n) is 6.88. The zero-order valence-corrected chi connectivity index (χ0v) is 9.27. The van der Waals surface area contributed by atoms with Crippen LogP contribution in [0, 0.1) is 6.92 Å². The van der Waals surface area contributed by atoms with Gasteiger partial charge in [0.25, 0.3) is 0 Å². The van der Waals surface area contributed by atoms with E-state index in [9.17, 15) is 12.3 Å². The SMILES string of the molecule is Cc1csc(CCS(=O)(=O)F)c1Cl. The van der Waals surface area contributed by atoms with Crippen LogP contribution in [-0.4, -0.2) is 14.2 Å². The molecular weight excluding hydrogens is 235 g/mol. The molecule has 74 valence electrons. The first-order valence-corrected chi connectivity index (χ1v) is 6.36. The van der Waals surface area contributed by atoms with Gasteiger partial charge in [-0.3, -0.25) is 0 Å². The lowest BCUT2D eigenvalue weighted by atomic mass is 10.3. The van der Waals surface area contributed by atoms with Gasteiger partial charge in [0.05, 0.1) is 10.8 Å². The molecule has 2 nitrogen and oxygen atoms in total. The average Bonchev–Trinajstić information content (AvgIpc) is 2.29.